The molecule has 5 rings (SSSR count). The van der Waals surface area contributed by atoms with Gasteiger partial charge in [-0.2, -0.15) is 13.2 Å². The third-order valence-corrected chi connectivity index (χ3v) is 5.90. The van der Waals surface area contributed by atoms with Crippen LogP contribution in [0.3, 0.4) is 0 Å². The van der Waals surface area contributed by atoms with E-state index in [4.69, 9.17) is 0 Å². The van der Waals surface area contributed by atoms with Crippen molar-refractivity contribution in [1.29, 1.82) is 0 Å². The van der Waals surface area contributed by atoms with Gasteiger partial charge in [0.25, 0.3) is 5.91 Å². The first-order valence-corrected chi connectivity index (χ1v) is 10.2. The third kappa shape index (κ3) is 3.49. The maximum atomic E-state index is 13.9. The predicted molar refractivity (Wildman–Crippen MR) is 119 cm³/mol. The van der Waals surface area contributed by atoms with Crippen LogP contribution in [0.2, 0.25) is 0 Å². The van der Waals surface area contributed by atoms with Crippen LogP contribution in [0.1, 0.15) is 27.8 Å². The fourth-order valence-corrected chi connectivity index (χ4v) is 4.36. The van der Waals surface area contributed by atoms with E-state index in [1.807, 2.05) is 43.3 Å². The summed E-state index contributed by atoms with van der Waals surface area (Å²) in [7, 11) is 0. The van der Waals surface area contributed by atoms with Crippen molar-refractivity contribution in [2.24, 2.45) is 0 Å². The molecule has 0 spiro atoms. The number of aryl methyl sites for hydroxylation is 1. The monoisotopic (exact) mass is 435 g/mol. The van der Waals surface area contributed by atoms with E-state index in [0.29, 0.717) is 24.4 Å². The Balaban J connectivity index is 1.46. The van der Waals surface area contributed by atoms with Crippen LogP contribution < -0.4 is 15.5 Å². The van der Waals surface area contributed by atoms with E-state index in [1.54, 1.807) is 17.0 Å². The van der Waals surface area contributed by atoms with Crippen LogP contribution in [-0.4, -0.2) is 5.91 Å². The number of carbonyl (C=O) groups excluding carboxylic acids is 1. The lowest BCUT2D eigenvalue weighted by molar-refractivity contribution is -0.137. The summed E-state index contributed by atoms with van der Waals surface area (Å²) in [4.78, 5) is 14.1. The first-order chi connectivity index (χ1) is 15.3. The lowest BCUT2D eigenvalue weighted by Crippen LogP contribution is -2.20. The van der Waals surface area contributed by atoms with Crippen molar-refractivity contribution in [1.82, 2.24) is 0 Å². The maximum absolute atomic E-state index is 13.9. The molecule has 0 aliphatic carbocycles. The Bertz CT molecular complexity index is 1240. The Hall–Kier alpha value is -3.74. The van der Waals surface area contributed by atoms with Gasteiger partial charge in [0.2, 0.25) is 0 Å². The fraction of sp³-hybridized carbons (Fsp3) is 0.160. The van der Waals surface area contributed by atoms with Crippen molar-refractivity contribution in [3.8, 4) is 0 Å². The number of alkyl halides is 3. The molecule has 32 heavy (non-hydrogen) atoms. The zero-order chi connectivity index (χ0) is 22.5. The summed E-state index contributed by atoms with van der Waals surface area (Å²) in [6.45, 7) is 2.76. The van der Waals surface area contributed by atoms with Gasteiger partial charge >= 0.3 is 6.18 Å². The van der Waals surface area contributed by atoms with E-state index < -0.39 is 11.7 Å². The van der Waals surface area contributed by atoms with Gasteiger partial charge in [-0.15, -0.1) is 0 Å². The topological polar surface area (TPSA) is 44.4 Å². The lowest BCUT2D eigenvalue weighted by atomic mass is 10.0. The molecule has 1 amide bonds. The summed E-state index contributed by atoms with van der Waals surface area (Å²) < 4.78 is 41.8. The molecule has 3 aromatic carbocycles. The van der Waals surface area contributed by atoms with Crippen molar-refractivity contribution in [3.63, 3.8) is 0 Å². The molecular weight excluding hydrogens is 415 g/mol. The first kappa shape index (κ1) is 20.2. The summed E-state index contributed by atoms with van der Waals surface area (Å²) in [6, 6.07) is 17.4. The standard InChI is InChI=1S/C25H20F3N3O/c1-15-5-4-8-21-23(15)19(24(32)30-21)12-29-18-9-10-22(20(11-18)25(26,27)28)31-13-16-6-2-3-7-17(16)14-31/h2-12,29H,13-14H2,1H3,(H,30,32). The van der Waals surface area contributed by atoms with Crippen LogP contribution in [0.4, 0.5) is 30.2 Å². The minimum Gasteiger partial charge on any atom is -0.362 e. The Kier molecular flexibility index (Phi) is 4.69. The highest BCUT2D eigenvalue weighted by Crippen LogP contribution is 2.41. The number of halogens is 3. The fourth-order valence-electron chi connectivity index (χ4n) is 4.36. The molecule has 0 aromatic heterocycles. The zero-order valence-corrected chi connectivity index (χ0v) is 17.3. The number of hydrogen-bond donors (Lipinski definition) is 2. The largest absolute Gasteiger partial charge is 0.418 e. The molecule has 0 radical (unpaired) electrons. The van der Waals surface area contributed by atoms with E-state index >= 15 is 0 Å². The average Bonchev–Trinajstić information content (AvgIpc) is 3.32. The molecule has 0 fully saturated rings. The molecule has 0 saturated heterocycles. The van der Waals surface area contributed by atoms with Crippen LogP contribution in [0.15, 0.2) is 66.9 Å². The number of nitrogens with zero attached hydrogens (tertiary/aromatic N) is 1. The van der Waals surface area contributed by atoms with Crippen LogP contribution in [0, 0.1) is 6.92 Å². The van der Waals surface area contributed by atoms with E-state index in [-0.39, 0.29) is 17.3 Å². The molecule has 162 valence electrons. The number of benzene rings is 3. The SMILES string of the molecule is Cc1cccc2c1C(=CNc1ccc(N3Cc4ccccc4C3)c(C(F)(F)F)c1)C(=O)N2. The molecule has 2 aliphatic heterocycles. The number of hydrogen-bond acceptors (Lipinski definition) is 3. The summed E-state index contributed by atoms with van der Waals surface area (Å²) in [5.74, 6) is -0.288. The molecular formula is C25H20F3N3O. The van der Waals surface area contributed by atoms with Crippen molar-refractivity contribution in [2.75, 3.05) is 15.5 Å². The van der Waals surface area contributed by atoms with Crippen molar-refractivity contribution in [3.05, 3.63) is 94.7 Å². The van der Waals surface area contributed by atoms with Gasteiger partial charge in [0, 0.05) is 41.9 Å². The van der Waals surface area contributed by atoms with Gasteiger partial charge in [-0.1, -0.05) is 36.4 Å². The van der Waals surface area contributed by atoms with E-state index in [9.17, 15) is 18.0 Å². The lowest BCUT2D eigenvalue weighted by Gasteiger charge is -2.23. The normalized spacial score (nSPS) is 16.2. The number of carbonyl (C=O) groups is 1. The molecule has 0 atom stereocenters. The molecule has 0 bridgehead atoms. The van der Waals surface area contributed by atoms with Crippen molar-refractivity contribution < 1.29 is 18.0 Å². The van der Waals surface area contributed by atoms with Gasteiger partial charge in [0.15, 0.2) is 0 Å². The van der Waals surface area contributed by atoms with Crippen LogP contribution >= 0.6 is 0 Å². The molecule has 0 unspecified atom stereocenters. The first-order valence-electron chi connectivity index (χ1n) is 10.2. The summed E-state index contributed by atoms with van der Waals surface area (Å²) >= 11 is 0. The highest BCUT2D eigenvalue weighted by molar-refractivity contribution is 6.32. The highest BCUT2D eigenvalue weighted by Gasteiger charge is 2.36. The van der Waals surface area contributed by atoms with Gasteiger partial charge in [-0.25, -0.2) is 0 Å². The minimum absolute atomic E-state index is 0.145. The van der Waals surface area contributed by atoms with Gasteiger partial charge in [-0.05, 0) is 47.9 Å². The Morgan fingerprint density at radius 1 is 1.00 bits per heavy atom. The Morgan fingerprint density at radius 3 is 2.41 bits per heavy atom. The maximum Gasteiger partial charge on any atom is 0.418 e. The van der Waals surface area contributed by atoms with Crippen LogP contribution in [0.25, 0.3) is 5.57 Å². The van der Waals surface area contributed by atoms with E-state index in [1.165, 1.54) is 12.3 Å². The van der Waals surface area contributed by atoms with Gasteiger partial charge in [0.1, 0.15) is 0 Å². The molecule has 3 aromatic rings. The summed E-state index contributed by atoms with van der Waals surface area (Å²) in [5.41, 5.74) is 4.53. The van der Waals surface area contributed by atoms with Gasteiger partial charge in [-0.3, -0.25) is 4.79 Å². The molecule has 2 heterocycles. The second-order valence-electron chi connectivity index (χ2n) is 8.01. The third-order valence-electron chi connectivity index (χ3n) is 5.90. The number of rotatable bonds is 3. The second-order valence-corrected chi connectivity index (χ2v) is 8.01. The Labute approximate surface area is 183 Å². The number of amides is 1. The van der Waals surface area contributed by atoms with E-state index in [2.05, 4.69) is 10.6 Å². The zero-order valence-electron chi connectivity index (χ0n) is 17.3. The smallest absolute Gasteiger partial charge is 0.362 e. The van der Waals surface area contributed by atoms with Gasteiger partial charge in [0.05, 0.1) is 11.1 Å². The molecule has 4 nitrogen and oxygen atoms in total. The number of anilines is 3. The summed E-state index contributed by atoms with van der Waals surface area (Å²) in [6.07, 6.45) is -3.04. The number of fused-ring (bicyclic) bond motifs is 2. The highest BCUT2D eigenvalue weighted by atomic mass is 19.4. The number of nitrogens with one attached hydrogen (secondary N) is 2. The quantitative estimate of drug-likeness (QED) is 0.501. The minimum atomic E-state index is -4.51. The van der Waals surface area contributed by atoms with Crippen molar-refractivity contribution in [2.45, 2.75) is 26.2 Å². The predicted octanol–water partition coefficient (Wildman–Crippen LogP) is 5.94. The molecule has 7 heteroatoms. The second kappa shape index (κ2) is 7.44. The van der Waals surface area contributed by atoms with Crippen LogP contribution in [0.5, 0.6) is 0 Å². The van der Waals surface area contributed by atoms with Crippen molar-refractivity contribution >= 4 is 28.5 Å². The Morgan fingerprint density at radius 2 is 1.72 bits per heavy atom. The average molecular weight is 435 g/mol. The van der Waals surface area contributed by atoms with E-state index in [0.717, 1.165) is 28.3 Å². The molecule has 2 aliphatic rings. The molecule has 2 N–H and O–H groups in total. The van der Waals surface area contributed by atoms with Gasteiger partial charge < -0.3 is 15.5 Å². The van der Waals surface area contributed by atoms with Crippen LogP contribution in [-0.2, 0) is 24.1 Å². The molecule has 0 saturated carbocycles. The summed E-state index contributed by atoms with van der Waals surface area (Å²) in [5, 5.41) is 5.67.